The van der Waals surface area contributed by atoms with Gasteiger partial charge in [-0.3, -0.25) is 0 Å². The van der Waals surface area contributed by atoms with Crippen LogP contribution in [0.15, 0.2) is 22.3 Å². The van der Waals surface area contributed by atoms with Gasteiger partial charge in [0, 0.05) is 6.07 Å². The molecule has 7 N–H and O–H groups in total. The van der Waals surface area contributed by atoms with E-state index in [0.29, 0.717) is 26.0 Å². The van der Waals surface area contributed by atoms with Gasteiger partial charge in [0.2, 0.25) is 0 Å². The molecule has 0 radical (unpaired) electrons. The van der Waals surface area contributed by atoms with E-state index in [4.69, 9.17) is 40.5 Å². The summed E-state index contributed by atoms with van der Waals surface area (Å²) >= 11 is 13.0. The number of nitrogens with zero attached hydrogens (tertiary/aromatic N) is 3. The lowest BCUT2D eigenvalue weighted by Gasteiger charge is -2.07. The molecule has 0 saturated heterocycles. The smallest absolute Gasteiger partial charge is 0.197 e. The SMILES string of the molecule is NNc1nc(Sc2nc(N)cc(N)n2)c(Cl)cc1Cl. The fourth-order valence-electron chi connectivity index (χ4n) is 1.22. The first-order valence-corrected chi connectivity index (χ1v) is 6.47. The van der Waals surface area contributed by atoms with E-state index in [1.54, 1.807) is 0 Å². The van der Waals surface area contributed by atoms with Gasteiger partial charge in [0.25, 0.3) is 0 Å². The lowest BCUT2D eigenvalue weighted by Crippen LogP contribution is -2.09. The molecular weight excluding hydrogens is 309 g/mol. The number of pyridine rings is 1. The minimum Gasteiger partial charge on any atom is -0.383 e. The van der Waals surface area contributed by atoms with Crippen molar-refractivity contribution < 1.29 is 0 Å². The van der Waals surface area contributed by atoms with Crippen molar-refractivity contribution in [3.05, 3.63) is 22.2 Å². The third-order valence-corrected chi connectivity index (χ3v) is 3.53. The van der Waals surface area contributed by atoms with Gasteiger partial charge in [-0.15, -0.1) is 0 Å². The molecule has 0 aliphatic rings. The molecule has 2 aromatic heterocycles. The van der Waals surface area contributed by atoms with Crippen LogP contribution in [0, 0.1) is 0 Å². The first-order chi connectivity index (χ1) is 8.99. The Bertz CT molecular complexity index is 602. The Morgan fingerprint density at radius 2 is 1.63 bits per heavy atom. The molecular formula is C9H9Cl2N7S. The van der Waals surface area contributed by atoms with Gasteiger partial charge in [0.05, 0.1) is 10.0 Å². The zero-order valence-electron chi connectivity index (χ0n) is 9.39. The summed E-state index contributed by atoms with van der Waals surface area (Å²) in [6, 6.07) is 2.97. The summed E-state index contributed by atoms with van der Waals surface area (Å²) in [5, 5.41) is 1.42. The summed E-state index contributed by atoms with van der Waals surface area (Å²) in [6.45, 7) is 0. The number of nitrogens with two attached hydrogens (primary N) is 3. The molecule has 0 fully saturated rings. The Labute approximate surface area is 122 Å². The number of hydrogen-bond acceptors (Lipinski definition) is 8. The average molecular weight is 318 g/mol. The molecule has 7 nitrogen and oxygen atoms in total. The van der Waals surface area contributed by atoms with Gasteiger partial charge in [-0.05, 0) is 17.8 Å². The van der Waals surface area contributed by atoms with Gasteiger partial charge >= 0.3 is 0 Å². The van der Waals surface area contributed by atoms with Crippen LogP contribution in [0.5, 0.6) is 0 Å². The van der Waals surface area contributed by atoms with E-state index in [2.05, 4.69) is 20.4 Å². The molecule has 10 heteroatoms. The van der Waals surface area contributed by atoms with Crippen LogP contribution < -0.4 is 22.7 Å². The van der Waals surface area contributed by atoms with Crippen molar-refractivity contribution in [3.63, 3.8) is 0 Å². The predicted octanol–water partition coefficient (Wildman–Crippen LogP) is 1.78. The molecule has 0 aliphatic carbocycles. The lowest BCUT2D eigenvalue weighted by molar-refractivity contribution is 0.976. The molecule has 0 spiro atoms. The largest absolute Gasteiger partial charge is 0.383 e. The van der Waals surface area contributed by atoms with Crippen LogP contribution in [0.4, 0.5) is 17.5 Å². The number of hydrogen-bond donors (Lipinski definition) is 4. The topological polar surface area (TPSA) is 129 Å². The second-order valence-electron chi connectivity index (χ2n) is 3.35. The van der Waals surface area contributed by atoms with Crippen LogP contribution in [-0.2, 0) is 0 Å². The van der Waals surface area contributed by atoms with Crippen molar-refractivity contribution in [2.24, 2.45) is 5.84 Å². The number of anilines is 3. The number of nitrogen functional groups attached to an aromatic ring is 3. The van der Waals surface area contributed by atoms with Crippen molar-refractivity contribution >= 4 is 52.4 Å². The number of hydrazine groups is 1. The second kappa shape index (κ2) is 5.66. The number of rotatable bonds is 3. The maximum atomic E-state index is 6.03. The molecule has 0 unspecified atom stereocenters. The number of aromatic nitrogens is 3. The van der Waals surface area contributed by atoms with Gasteiger partial charge in [-0.2, -0.15) is 0 Å². The third kappa shape index (κ3) is 3.29. The van der Waals surface area contributed by atoms with Crippen LogP contribution in [0.2, 0.25) is 10.0 Å². The Balaban J connectivity index is 2.37. The Hall–Kier alpha value is -1.48. The van der Waals surface area contributed by atoms with Crippen molar-refractivity contribution in [1.82, 2.24) is 15.0 Å². The summed E-state index contributed by atoms with van der Waals surface area (Å²) in [5.41, 5.74) is 13.5. The van der Waals surface area contributed by atoms with E-state index in [1.807, 2.05) is 0 Å². The van der Waals surface area contributed by atoms with Gasteiger partial charge < -0.3 is 16.9 Å². The molecule has 0 aliphatic heterocycles. The minimum absolute atomic E-state index is 0.261. The average Bonchev–Trinajstić information content (AvgIpc) is 2.31. The molecule has 2 rings (SSSR count). The highest BCUT2D eigenvalue weighted by molar-refractivity contribution is 7.99. The van der Waals surface area contributed by atoms with E-state index in [9.17, 15) is 0 Å². The second-order valence-corrected chi connectivity index (χ2v) is 5.12. The molecule has 19 heavy (non-hydrogen) atoms. The molecule has 2 aromatic rings. The molecule has 0 bridgehead atoms. The maximum absolute atomic E-state index is 6.03. The molecule has 0 amide bonds. The standard InChI is InChI=1S/C9H9Cl2N7S/c10-3-1-4(11)8(17-7(3)18-14)19-9-15-5(12)2-6(13)16-9/h1-2H,14H2,(H,17,18)(H4,12,13,15,16). The summed E-state index contributed by atoms with van der Waals surface area (Å²) in [5.74, 6) is 6.11. The van der Waals surface area contributed by atoms with Crippen LogP contribution >= 0.6 is 35.0 Å². The van der Waals surface area contributed by atoms with E-state index in [-0.39, 0.29) is 11.6 Å². The van der Waals surface area contributed by atoms with E-state index in [0.717, 1.165) is 11.8 Å². The molecule has 0 aromatic carbocycles. The molecule has 0 atom stereocenters. The molecule has 2 heterocycles. The van der Waals surface area contributed by atoms with Gasteiger partial charge in [-0.25, -0.2) is 20.8 Å². The van der Waals surface area contributed by atoms with E-state index < -0.39 is 0 Å². The lowest BCUT2D eigenvalue weighted by atomic mass is 10.4. The fraction of sp³-hybridized carbons (Fsp3) is 0. The van der Waals surface area contributed by atoms with Crippen molar-refractivity contribution in [3.8, 4) is 0 Å². The first-order valence-electron chi connectivity index (χ1n) is 4.90. The van der Waals surface area contributed by atoms with Crippen LogP contribution in [0.3, 0.4) is 0 Å². The summed E-state index contributed by atoms with van der Waals surface area (Å²) < 4.78 is 0. The summed E-state index contributed by atoms with van der Waals surface area (Å²) in [4.78, 5) is 12.2. The normalized spacial score (nSPS) is 10.5. The Kier molecular flexibility index (Phi) is 4.15. The number of nitrogens with one attached hydrogen (secondary N) is 1. The van der Waals surface area contributed by atoms with Gasteiger partial charge in [0.1, 0.15) is 16.7 Å². The van der Waals surface area contributed by atoms with Crippen molar-refractivity contribution in [1.29, 1.82) is 0 Å². The van der Waals surface area contributed by atoms with Crippen LogP contribution in [-0.4, -0.2) is 15.0 Å². The van der Waals surface area contributed by atoms with Crippen molar-refractivity contribution in [2.75, 3.05) is 16.9 Å². The minimum atomic E-state index is 0.261. The highest BCUT2D eigenvalue weighted by atomic mass is 35.5. The van der Waals surface area contributed by atoms with Crippen LogP contribution in [0.25, 0.3) is 0 Å². The highest BCUT2D eigenvalue weighted by Gasteiger charge is 2.12. The van der Waals surface area contributed by atoms with Gasteiger partial charge in [-0.1, -0.05) is 23.2 Å². The third-order valence-electron chi connectivity index (χ3n) is 1.97. The first kappa shape index (κ1) is 13.9. The van der Waals surface area contributed by atoms with E-state index in [1.165, 1.54) is 12.1 Å². The van der Waals surface area contributed by atoms with Crippen LogP contribution in [0.1, 0.15) is 0 Å². The summed E-state index contributed by atoms with van der Waals surface area (Å²) in [6.07, 6.45) is 0. The molecule has 0 saturated carbocycles. The summed E-state index contributed by atoms with van der Waals surface area (Å²) in [7, 11) is 0. The predicted molar refractivity (Wildman–Crippen MR) is 77.0 cm³/mol. The van der Waals surface area contributed by atoms with Crippen molar-refractivity contribution in [2.45, 2.75) is 10.2 Å². The zero-order valence-corrected chi connectivity index (χ0v) is 11.7. The quantitative estimate of drug-likeness (QED) is 0.383. The fourth-order valence-corrected chi connectivity index (χ4v) is 2.51. The van der Waals surface area contributed by atoms with E-state index >= 15 is 0 Å². The number of halogens is 2. The monoisotopic (exact) mass is 317 g/mol. The maximum Gasteiger partial charge on any atom is 0.197 e. The highest BCUT2D eigenvalue weighted by Crippen LogP contribution is 2.34. The Morgan fingerprint density at radius 3 is 2.21 bits per heavy atom. The van der Waals surface area contributed by atoms with Gasteiger partial charge in [0.15, 0.2) is 11.0 Å². The Morgan fingerprint density at radius 1 is 1.00 bits per heavy atom. The molecule has 100 valence electrons. The zero-order chi connectivity index (χ0) is 14.0.